The van der Waals surface area contributed by atoms with E-state index in [1.165, 1.54) is 12.3 Å². The number of furan rings is 1. The molecule has 0 atom stereocenters. The van der Waals surface area contributed by atoms with E-state index < -0.39 is 0 Å². The zero-order valence-corrected chi connectivity index (χ0v) is 15.2. The molecule has 3 N–H and O–H groups in total. The Morgan fingerprint density at radius 3 is 2.54 bits per heavy atom. The fourth-order valence-electron chi connectivity index (χ4n) is 2.90. The number of nitrogens with two attached hydrogens (primary N) is 1. The highest BCUT2D eigenvalue weighted by Gasteiger charge is 2.19. The van der Waals surface area contributed by atoms with Gasteiger partial charge in [0.15, 0.2) is 5.11 Å². The Kier molecular flexibility index (Phi) is 6.32. The number of benzene rings is 1. The molecule has 1 aliphatic heterocycles. The minimum atomic E-state index is -0.135. The molecule has 1 aromatic carbocycles. The molecule has 2 aromatic rings. The average molecular weight is 375 g/mol. The van der Waals surface area contributed by atoms with Crippen LogP contribution in [0.15, 0.2) is 45.9 Å². The molecule has 0 amide bonds. The van der Waals surface area contributed by atoms with E-state index in [1.807, 2.05) is 24.3 Å². The third-order valence-corrected chi connectivity index (χ3v) is 4.34. The van der Waals surface area contributed by atoms with Crippen molar-refractivity contribution < 1.29 is 8.81 Å². The van der Waals surface area contributed by atoms with Gasteiger partial charge in [0.05, 0.1) is 12.8 Å². The second-order valence-electron chi connectivity index (χ2n) is 6.18. The fraction of sp³-hybridized carbons (Fsp3) is 0.333. The van der Waals surface area contributed by atoms with Crippen LogP contribution in [-0.2, 0) is 13.1 Å². The topological polar surface area (TPSA) is 70.0 Å². The number of piperazine rings is 1. The number of thiocarbonyl (C=S) groups is 1. The highest BCUT2D eigenvalue weighted by molar-refractivity contribution is 7.80. The standard InChI is InChI=1S/C18H22FN5OS/c19-17-4-2-1-3-14(17)12-23-7-9-24(10-8-23)13-16-6-5-15(25-16)11-21-22-18(20)26/h1-6,11H,7-10,12-13H2,(H3,20,22,26). The summed E-state index contributed by atoms with van der Waals surface area (Å²) >= 11 is 4.67. The average Bonchev–Trinajstić information content (AvgIpc) is 3.06. The van der Waals surface area contributed by atoms with Crippen LogP contribution in [-0.4, -0.2) is 47.3 Å². The van der Waals surface area contributed by atoms with Crippen LogP contribution in [0.1, 0.15) is 17.1 Å². The summed E-state index contributed by atoms with van der Waals surface area (Å²) in [7, 11) is 0. The van der Waals surface area contributed by atoms with Crippen LogP contribution in [0.3, 0.4) is 0 Å². The van der Waals surface area contributed by atoms with Gasteiger partial charge < -0.3 is 10.2 Å². The summed E-state index contributed by atoms with van der Waals surface area (Å²) in [5, 5.41) is 3.98. The Balaban J connectivity index is 1.45. The van der Waals surface area contributed by atoms with E-state index in [4.69, 9.17) is 10.2 Å². The Morgan fingerprint density at radius 2 is 1.85 bits per heavy atom. The number of halogens is 1. The first kappa shape index (κ1) is 18.5. The maximum atomic E-state index is 13.8. The molecular weight excluding hydrogens is 353 g/mol. The highest BCUT2D eigenvalue weighted by Crippen LogP contribution is 2.14. The molecule has 6 nitrogen and oxygen atoms in total. The molecule has 0 bridgehead atoms. The maximum absolute atomic E-state index is 13.8. The molecule has 0 spiro atoms. The first-order chi connectivity index (χ1) is 12.6. The van der Waals surface area contributed by atoms with Gasteiger partial charge in [-0.2, -0.15) is 5.10 Å². The lowest BCUT2D eigenvalue weighted by Gasteiger charge is -2.34. The second kappa shape index (κ2) is 8.88. The molecular formula is C18H22FN5OS. The van der Waals surface area contributed by atoms with Crippen LogP contribution in [0.4, 0.5) is 4.39 Å². The van der Waals surface area contributed by atoms with E-state index in [2.05, 4.69) is 32.5 Å². The molecule has 138 valence electrons. The number of rotatable bonds is 6. The first-order valence-corrected chi connectivity index (χ1v) is 8.86. The number of hydrogen-bond donors (Lipinski definition) is 2. The molecule has 1 fully saturated rings. The van der Waals surface area contributed by atoms with Crippen molar-refractivity contribution in [2.45, 2.75) is 13.1 Å². The monoisotopic (exact) mass is 375 g/mol. The summed E-state index contributed by atoms with van der Waals surface area (Å²) in [6, 6.07) is 10.8. The molecule has 0 aliphatic carbocycles. The summed E-state index contributed by atoms with van der Waals surface area (Å²) in [6.07, 6.45) is 1.54. The van der Waals surface area contributed by atoms with E-state index in [0.29, 0.717) is 12.3 Å². The molecule has 26 heavy (non-hydrogen) atoms. The van der Waals surface area contributed by atoms with Gasteiger partial charge in [-0.25, -0.2) is 4.39 Å². The van der Waals surface area contributed by atoms with Gasteiger partial charge in [-0.15, -0.1) is 0 Å². The lowest BCUT2D eigenvalue weighted by Crippen LogP contribution is -2.45. The molecule has 0 saturated carbocycles. The molecule has 1 aliphatic rings. The molecule has 0 radical (unpaired) electrons. The molecule has 2 heterocycles. The van der Waals surface area contributed by atoms with Crippen molar-refractivity contribution in [1.82, 2.24) is 15.2 Å². The third kappa shape index (κ3) is 5.35. The summed E-state index contributed by atoms with van der Waals surface area (Å²) in [4.78, 5) is 4.60. The van der Waals surface area contributed by atoms with Crippen LogP contribution in [0.2, 0.25) is 0 Å². The van der Waals surface area contributed by atoms with Crippen LogP contribution in [0, 0.1) is 5.82 Å². The summed E-state index contributed by atoms with van der Waals surface area (Å²) < 4.78 is 19.5. The lowest BCUT2D eigenvalue weighted by molar-refractivity contribution is 0.115. The van der Waals surface area contributed by atoms with Crippen molar-refractivity contribution in [1.29, 1.82) is 0 Å². The molecule has 3 rings (SSSR count). The minimum Gasteiger partial charge on any atom is -0.459 e. The van der Waals surface area contributed by atoms with Gasteiger partial charge >= 0.3 is 0 Å². The molecule has 1 saturated heterocycles. The van der Waals surface area contributed by atoms with Crippen molar-refractivity contribution in [3.63, 3.8) is 0 Å². The summed E-state index contributed by atoms with van der Waals surface area (Å²) in [5.41, 5.74) is 8.54. The van der Waals surface area contributed by atoms with Gasteiger partial charge in [-0.05, 0) is 30.4 Å². The normalized spacial score (nSPS) is 16.2. The fourth-order valence-corrected chi connectivity index (χ4v) is 2.95. The van der Waals surface area contributed by atoms with Gasteiger partial charge in [0.2, 0.25) is 0 Å². The second-order valence-corrected chi connectivity index (χ2v) is 6.62. The van der Waals surface area contributed by atoms with E-state index in [0.717, 1.165) is 44.0 Å². The summed E-state index contributed by atoms with van der Waals surface area (Å²) in [6.45, 7) is 5.04. The molecule has 1 aromatic heterocycles. The van der Waals surface area contributed by atoms with Crippen molar-refractivity contribution in [2.24, 2.45) is 10.8 Å². The van der Waals surface area contributed by atoms with Gasteiger partial charge in [0.25, 0.3) is 0 Å². The van der Waals surface area contributed by atoms with Crippen molar-refractivity contribution in [3.05, 3.63) is 59.3 Å². The van der Waals surface area contributed by atoms with Crippen molar-refractivity contribution in [3.8, 4) is 0 Å². The number of nitrogens with one attached hydrogen (secondary N) is 1. The third-order valence-electron chi connectivity index (χ3n) is 4.25. The SMILES string of the molecule is NC(=S)NN=Cc1ccc(CN2CCN(Cc3ccccc3F)CC2)o1. The maximum Gasteiger partial charge on any atom is 0.184 e. The van der Waals surface area contributed by atoms with E-state index in [9.17, 15) is 4.39 Å². The first-order valence-electron chi connectivity index (χ1n) is 8.45. The predicted octanol–water partition coefficient (Wildman–Crippen LogP) is 1.90. The van der Waals surface area contributed by atoms with E-state index in [-0.39, 0.29) is 10.9 Å². The Morgan fingerprint density at radius 1 is 1.15 bits per heavy atom. The van der Waals surface area contributed by atoms with Crippen LogP contribution in [0.25, 0.3) is 0 Å². The lowest BCUT2D eigenvalue weighted by atomic mass is 10.2. The van der Waals surface area contributed by atoms with Crippen LogP contribution >= 0.6 is 12.2 Å². The van der Waals surface area contributed by atoms with Gasteiger partial charge in [0, 0.05) is 38.3 Å². The summed E-state index contributed by atoms with van der Waals surface area (Å²) in [5.74, 6) is 1.39. The minimum absolute atomic E-state index is 0.112. The van der Waals surface area contributed by atoms with E-state index >= 15 is 0 Å². The Labute approximate surface area is 157 Å². The van der Waals surface area contributed by atoms with Gasteiger partial charge in [0.1, 0.15) is 17.3 Å². The largest absolute Gasteiger partial charge is 0.459 e. The van der Waals surface area contributed by atoms with Gasteiger partial charge in [-0.1, -0.05) is 18.2 Å². The highest BCUT2D eigenvalue weighted by atomic mass is 32.1. The van der Waals surface area contributed by atoms with E-state index in [1.54, 1.807) is 6.07 Å². The number of hydrazone groups is 1. The predicted molar refractivity (Wildman–Crippen MR) is 103 cm³/mol. The van der Waals surface area contributed by atoms with Crippen molar-refractivity contribution >= 4 is 23.5 Å². The zero-order valence-electron chi connectivity index (χ0n) is 14.4. The smallest absolute Gasteiger partial charge is 0.184 e. The molecule has 0 unspecified atom stereocenters. The van der Waals surface area contributed by atoms with Crippen LogP contribution < -0.4 is 11.2 Å². The molecule has 8 heteroatoms. The van der Waals surface area contributed by atoms with Gasteiger partial charge in [-0.3, -0.25) is 15.2 Å². The quantitative estimate of drug-likeness (QED) is 0.457. The van der Waals surface area contributed by atoms with Crippen molar-refractivity contribution in [2.75, 3.05) is 26.2 Å². The number of hydrogen-bond acceptors (Lipinski definition) is 5. The zero-order chi connectivity index (χ0) is 18.4. The van der Waals surface area contributed by atoms with Crippen LogP contribution in [0.5, 0.6) is 0 Å². The number of nitrogens with zero attached hydrogens (tertiary/aromatic N) is 3. The Bertz CT molecular complexity index is 770. The Hall–Kier alpha value is -2.29.